The zero-order valence-corrected chi connectivity index (χ0v) is 12.8. The summed E-state index contributed by atoms with van der Waals surface area (Å²) in [6, 6.07) is 6.18. The average molecular weight is 281 g/mol. The van der Waals surface area contributed by atoms with E-state index in [1.807, 2.05) is 13.0 Å². The van der Waals surface area contributed by atoms with Gasteiger partial charge in [-0.05, 0) is 49.8 Å². The maximum atomic E-state index is 6.20. The van der Waals surface area contributed by atoms with Gasteiger partial charge in [0.15, 0.2) is 0 Å². The number of benzene rings is 1. The minimum Gasteiger partial charge on any atom is -0.378 e. The Bertz CT molecular complexity index is 433. The van der Waals surface area contributed by atoms with Gasteiger partial charge in [-0.3, -0.25) is 0 Å². The van der Waals surface area contributed by atoms with Gasteiger partial charge in [-0.2, -0.15) is 0 Å². The van der Waals surface area contributed by atoms with Crippen LogP contribution in [0.15, 0.2) is 18.2 Å². The van der Waals surface area contributed by atoms with Crippen LogP contribution in [0, 0.1) is 12.8 Å². The Morgan fingerprint density at radius 2 is 2.16 bits per heavy atom. The van der Waals surface area contributed by atoms with E-state index < -0.39 is 0 Å². The van der Waals surface area contributed by atoms with Crippen molar-refractivity contribution in [2.75, 3.05) is 11.9 Å². The van der Waals surface area contributed by atoms with Crippen molar-refractivity contribution in [2.45, 2.75) is 51.5 Å². The minimum absolute atomic E-state index is 0.0450. The summed E-state index contributed by atoms with van der Waals surface area (Å²) in [4.78, 5) is 0. The molecule has 106 valence electrons. The fourth-order valence-electron chi connectivity index (χ4n) is 2.94. The van der Waals surface area contributed by atoms with Crippen LogP contribution in [-0.4, -0.2) is 12.1 Å². The maximum Gasteiger partial charge on any atom is 0.0495 e. The topological polar surface area (TPSA) is 38.0 Å². The molecule has 1 aliphatic rings. The summed E-state index contributed by atoms with van der Waals surface area (Å²) in [7, 11) is 0. The van der Waals surface area contributed by atoms with Crippen molar-refractivity contribution >= 4 is 17.3 Å². The molecule has 0 aromatic heterocycles. The highest BCUT2D eigenvalue weighted by molar-refractivity contribution is 6.31. The zero-order valence-electron chi connectivity index (χ0n) is 12.0. The molecule has 3 heteroatoms. The number of hydrogen-bond donors (Lipinski definition) is 2. The van der Waals surface area contributed by atoms with Crippen LogP contribution < -0.4 is 11.1 Å². The van der Waals surface area contributed by atoms with Crippen LogP contribution in [0.25, 0.3) is 0 Å². The molecule has 0 radical (unpaired) electrons. The number of hydrogen-bond acceptors (Lipinski definition) is 2. The monoisotopic (exact) mass is 280 g/mol. The molecule has 0 aliphatic heterocycles. The third kappa shape index (κ3) is 3.64. The van der Waals surface area contributed by atoms with E-state index in [1.54, 1.807) is 0 Å². The molecule has 2 nitrogen and oxygen atoms in total. The number of anilines is 1. The Kier molecular flexibility index (Phi) is 4.75. The molecule has 0 amide bonds. The summed E-state index contributed by atoms with van der Waals surface area (Å²) in [6.07, 6.45) is 6.13. The van der Waals surface area contributed by atoms with E-state index in [-0.39, 0.29) is 5.54 Å². The molecule has 19 heavy (non-hydrogen) atoms. The molecule has 1 aromatic rings. The highest BCUT2D eigenvalue weighted by atomic mass is 35.5. The van der Waals surface area contributed by atoms with E-state index in [1.165, 1.54) is 19.3 Å². The van der Waals surface area contributed by atoms with Gasteiger partial charge in [-0.25, -0.2) is 0 Å². The van der Waals surface area contributed by atoms with Gasteiger partial charge in [0.05, 0.1) is 0 Å². The lowest BCUT2D eigenvalue weighted by Crippen LogP contribution is -2.45. The van der Waals surface area contributed by atoms with E-state index in [0.29, 0.717) is 6.54 Å². The SMILES string of the molecule is Cc1ccc(NC2(CN)CCCC(C)CC2)cc1Cl. The zero-order chi connectivity index (χ0) is 13.9. The van der Waals surface area contributed by atoms with Crippen molar-refractivity contribution in [1.82, 2.24) is 0 Å². The lowest BCUT2D eigenvalue weighted by Gasteiger charge is -2.34. The van der Waals surface area contributed by atoms with Crippen molar-refractivity contribution < 1.29 is 0 Å². The van der Waals surface area contributed by atoms with Gasteiger partial charge in [-0.1, -0.05) is 37.4 Å². The Morgan fingerprint density at radius 3 is 2.84 bits per heavy atom. The van der Waals surface area contributed by atoms with Crippen LogP contribution in [-0.2, 0) is 0 Å². The average Bonchev–Trinajstić information content (AvgIpc) is 2.57. The van der Waals surface area contributed by atoms with Gasteiger partial charge in [0.25, 0.3) is 0 Å². The Morgan fingerprint density at radius 1 is 1.37 bits per heavy atom. The smallest absolute Gasteiger partial charge is 0.0495 e. The Hall–Kier alpha value is -0.730. The van der Waals surface area contributed by atoms with Gasteiger partial charge < -0.3 is 11.1 Å². The first-order valence-corrected chi connectivity index (χ1v) is 7.67. The predicted molar refractivity (Wildman–Crippen MR) is 83.8 cm³/mol. The second-order valence-corrected chi connectivity index (χ2v) is 6.52. The number of nitrogens with two attached hydrogens (primary N) is 1. The molecule has 2 atom stereocenters. The van der Waals surface area contributed by atoms with Gasteiger partial charge >= 0.3 is 0 Å². The van der Waals surface area contributed by atoms with Crippen LogP contribution >= 0.6 is 11.6 Å². The molecule has 1 aliphatic carbocycles. The fourth-order valence-corrected chi connectivity index (χ4v) is 3.12. The summed E-state index contributed by atoms with van der Waals surface area (Å²) in [5.41, 5.74) is 8.33. The van der Waals surface area contributed by atoms with Crippen LogP contribution in [0.3, 0.4) is 0 Å². The quantitative estimate of drug-likeness (QED) is 0.808. The van der Waals surface area contributed by atoms with Gasteiger partial charge in [0.2, 0.25) is 0 Å². The van der Waals surface area contributed by atoms with E-state index in [9.17, 15) is 0 Å². The van der Waals surface area contributed by atoms with Crippen molar-refractivity contribution in [3.8, 4) is 0 Å². The first-order valence-electron chi connectivity index (χ1n) is 7.29. The molecule has 0 bridgehead atoms. The van der Waals surface area contributed by atoms with Crippen LogP contribution in [0.1, 0.15) is 44.6 Å². The second kappa shape index (κ2) is 6.15. The molecular weight excluding hydrogens is 256 g/mol. The number of nitrogens with one attached hydrogen (secondary N) is 1. The molecule has 1 saturated carbocycles. The summed E-state index contributed by atoms with van der Waals surface area (Å²) in [6.45, 7) is 5.05. The highest BCUT2D eigenvalue weighted by Gasteiger charge is 2.30. The van der Waals surface area contributed by atoms with Crippen molar-refractivity contribution in [3.63, 3.8) is 0 Å². The standard InChI is InChI=1S/C16H25ClN2/c1-12-4-3-8-16(11-18,9-7-12)19-14-6-5-13(2)15(17)10-14/h5-6,10,12,19H,3-4,7-9,11,18H2,1-2H3. The fraction of sp³-hybridized carbons (Fsp3) is 0.625. The summed E-state index contributed by atoms with van der Waals surface area (Å²) in [5.74, 6) is 0.817. The molecule has 0 spiro atoms. The third-order valence-electron chi connectivity index (χ3n) is 4.44. The molecule has 2 rings (SSSR count). The molecular formula is C16H25ClN2. The minimum atomic E-state index is 0.0450. The Labute approximate surface area is 121 Å². The molecule has 3 N–H and O–H groups in total. The highest BCUT2D eigenvalue weighted by Crippen LogP contribution is 2.33. The van der Waals surface area contributed by atoms with E-state index in [2.05, 4.69) is 24.4 Å². The van der Waals surface area contributed by atoms with Gasteiger partial charge in [0, 0.05) is 22.8 Å². The van der Waals surface area contributed by atoms with Crippen LogP contribution in [0.4, 0.5) is 5.69 Å². The lowest BCUT2D eigenvalue weighted by molar-refractivity contribution is 0.409. The van der Waals surface area contributed by atoms with Crippen molar-refractivity contribution in [1.29, 1.82) is 0 Å². The number of rotatable bonds is 3. The molecule has 1 aromatic carbocycles. The second-order valence-electron chi connectivity index (χ2n) is 6.11. The molecule has 1 fully saturated rings. The van der Waals surface area contributed by atoms with E-state index in [4.69, 9.17) is 17.3 Å². The Balaban J connectivity index is 2.15. The number of aryl methyl sites for hydroxylation is 1. The summed E-state index contributed by atoms with van der Waals surface area (Å²) >= 11 is 6.20. The first kappa shape index (κ1) is 14.7. The summed E-state index contributed by atoms with van der Waals surface area (Å²) < 4.78 is 0. The maximum absolute atomic E-state index is 6.20. The van der Waals surface area contributed by atoms with Gasteiger partial charge in [0.1, 0.15) is 0 Å². The molecule has 0 saturated heterocycles. The van der Waals surface area contributed by atoms with Crippen LogP contribution in [0.5, 0.6) is 0 Å². The largest absolute Gasteiger partial charge is 0.378 e. The molecule has 0 heterocycles. The first-order chi connectivity index (χ1) is 9.04. The van der Waals surface area contributed by atoms with Crippen LogP contribution in [0.2, 0.25) is 5.02 Å². The van der Waals surface area contributed by atoms with E-state index >= 15 is 0 Å². The van der Waals surface area contributed by atoms with E-state index in [0.717, 1.165) is 35.0 Å². The predicted octanol–water partition coefficient (Wildman–Crippen LogP) is 4.36. The third-order valence-corrected chi connectivity index (χ3v) is 4.85. The summed E-state index contributed by atoms with van der Waals surface area (Å²) in [5, 5.41) is 4.48. The van der Waals surface area contributed by atoms with Gasteiger partial charge in [-0.15, -0.1) is 0 Å². The normalized spacial score (nSPS) is 27.9. The molecule has 2 unspecified atom stereocenters. The van der Waals surface area contributed by atoms with Crippen molar-refractivity contribution in [2.24, 2.45) is 11.7 Å². The van der Waals surface area contributed by atoms with Crippen molar-refractivity contribution in [3.05, 3.63) is 28.8 Å². The number of halogens is 1. The lowest BCUT2D eigenvalue weighted by atomic mass is 9.89.